The number of urea groups is 1. The van der Waals surface area contributed by atoms with Gasteiger partial charge in [0.05, 0.1) is 11.7 Å². The van der Waals surface area contributed by atoms with E-state index in [0.29, 0.717) is 5.56 Å². The van der Waals surface area contributed by atoms with Gasteiger partial charge in [0.1, 0.15) is 4.90 Å². The van der Waals surface area contributed by atoms with Gasteiger partial charge in [-0.15, -0.1) is 0 Å². The van der Waals surface area contributed by atoms with E-state index < -0.39 is 16.1 Å². The molecule has 0 bridgehead atoms. The number of amides is 2. The summed E-state index contributed by atoms with van der Waals surface area (Å²) in [6.45, 7) is 3.75. The summed E-state index contributed by atoms with van der Waals surface area (Å²) in [4.78, 5) is 21.4. The number of aliphatic imine (C=N–C) groups is 1. The van der Waals surface area contributed by atoms with Crippen LogP contribution in [0.15, 0.2) is 28.2 Å². The Morgan fingerprint density at radius 1 is 1.07 bits per heavy atom. The van der Waals surface area contributed by atoms with Gasteiger partial charge in [-0.3, -0.25) is 9.98 Å². The van der Waals surface area contributed by atoms with Gasteiger partial charge in [-0.05, 0) is 80.7 Å². The van der Waals surface area contributed by atoms with Crippen LogP contribution >= 0.6 is 0 Å². The molecule has 7 nitrogen and oxygen atoms in total. The number of nitrogens with zero attached hydrogens (tertiary/aromatic N) is 2. The molecule has 1 aliphatic heterocycles. The van der Waals surface area contributed by atoms with Gasteiger partial charge in [-0.25, -0.2) is 17.9 Å². The molecule has 0 fully saturated rings. The third-order valence-electron chi connectivity index (χ3n) is 6.32. The number of hydrogen-bond acceptors (Lipinski definition) is 5. The van der Waals surface area contributed by atoms with Crippen molar-refractivity contribution in [1.29, 1.82) is 0 Å². The molecule has 156 valence electrons. The second kappa shape index (κ2) is 6.91. The molecule has 2 aliphatic carbocycles. The quantitative estimate of drug-likeness (QED) is 0.788. The Morgan fingerprint density at radius 3 is 2.40 bits per heavy atom. The maximum absolute atomic E-state index is 12.8. The zero-order valence-electron chi connectivity index (χ0n) is 17.1. The predicted octanol–water partition coefficient (Wildman–Crippen LogP) is 3.45. The van der Waals surface area contributed by atoms with E-state index in [1.54, 1.807) is 0 Å². The number of aromatic nitrogens is 1. The summed E-state index contributed by atoms with van der Waals surface area (Å²) in [7, 11) is -4.05. The minimum Gasteiger partial charge on any atom is -0.307 e. The number of aryl methyl sites for hydroxylation is 2. The lowest BCUT2D eigenvalue weighted by Crippen LogP contribution is -2.35. The Morgan fingerprint density at radius 2 is 1.73 bits per heavy atom. The number of benzene rings is 1. The van der Waals surface area contributed by atoms with Crippen molar-refractivity contribution in [2.24, 2.45) is 4.99 Å². The van der Waals surface area contributed by atoms with Crippen molar-refractivity contribution in [1.82, 2.24) is 9.71 Å². The number of rotatable bonds is 3. The van der Waals surface area contributed by atoms with Crippen LogP contribution in [-0.4, -0.2) is 25.1 Å². The Bertz CT molecular complexity index is 1190. The van der Waals surface area contributed by atoms with E-state index in [4.69, 9.17) is 0 Å². The van der Waals surface area contributed by atoms with Gasteiger partial charge in [0.25, 0.3) is 10.0 Å². The summed E-state index contributed by atoms with van der Waals surface area (Å²) in [6.07, 6.45) is 7.26. The molecule has 2 heterocycles. The van der Waals surface area contributed by atoms with E-state index in [1.807, 2.05) is 13.8 Å². The minimum absolute atomic E-state index is 0.0384. The molecule has 0 saturated carbocycles. The lowest BCUT2D eigenvalue weighted by atomic mass is 9.99. The number of carbonyl (C=O) groups excluding carboxylic acids is 1. The number of nitrogens with one attached hydrogen (secondary N) is 2. The summed E-state index contributed by atoms with van der Waals surface area (Å²) in [5.74, 6) is 0. The van der Waals surface area contributed by atoms with Crippen LogP contribution in [-0.2, 0) is 35.7 Å². The fraction of sp³-hybridized carbons (Fsp3) is 0.409. The normalized spacial score (nSPS) is 19.1. The molecular formula is C22H24N4O3S. The van der Waals surface area contributed by atoms with Crippen LogP contribution in [0.2, 0.25) is 0 Å². The molecule has 2 aromatic rings. The standard InChI is InChI=1S/C22H24N4O3S/c1-12-19-10-16(11-23-20(19)13(2)24-12)30(28,29)26-22(27)25-21-17-7-3-5-14(17)9-15-6-4-8-18(15)21/h9-11,13H,3-8H2,1-2H3,(H2,25,26,27). The molecular weight excluding hydrogens is 400 g/mol. The average Bonchev–Trinajstić information content (AvgIpc) is 3.41. The highest BCUT2D eigenvalue weighted by molar-refractivity contribution is 7.90. The second-order valence-corrected chi connectivity index (χ2v) is 9.97. The molecule has 0 saturated heterocycles. The number of pyridine rings is 1. The molecule has 30 heavy (non-hydrogen) atoms. The summed E-state index contributed by atoms with van der Waals surface area (Å²) in [5, 5.41) is 2.86. The van der Waals surface area contributed by atoms with Gasteiger partial charge >= 0.3 is 6.03 Å². The van der Waals surface area contributed by atoms with E-state index in [-0.39, 0.29) is 10.9 Å². The number of anilines is 1. The zero-order chi connectivity index (χ0) is 21.0. The first-order valence-corrected chi connectivity index (χ1v) is 11.9. The molecule has 1 unspecified atom stereocenters. The van der Waals surface area contributed by atoms with E-state index in [2.05, 4.69) is 26.1 Å². The Balaban J connectivity index is 1.41. The third-order valence-corrected chi connectivity index (χ3v) is 7.61. The van der Waals surface area contributed by atoms with E-state index in [0.717, 1.165) is 66.7 Å². The SMILES string of the molecule is CC1=NC(C)c2ncc(S(=O)(=O)NC(=O)Nc3c4c(cc5c3CCC5)CCC4)cc21. The van der Waals surface area contributed by atoms with E-state index in [9.17, 15) is 13.2 Å². The lowest BCUT2D eigenvalue weighted by Gasteiger charge is -2.16. The average molecular weight is 425 g/mol. The molecule has 1 aromatic heterocycles. The summed E-state index contributed by atoms with van der Waals surface area (Å²) in [6, 6.07) is 2.99. The molecule has 0 radical (unpaired) electrons. The van der Waals surface area contributed by atoms with Gasteiger partial charge in [-0.1, -0.05) is 6.07 Å². The van der Waals surface area contributed by atoms with Gasteiger partial charge in [0, 0.05) is 23.2 Å². The number of carbonyl (C=O) groups is 1. The Labute approximate surface area is 176 Å². The Hall–Kier alpha value is -2.74. The first-order valence-electron chi connectivity index (χ1n) is 10.4. The highest BCUT2D eigenvalue weighted by Crippen LogP contribution is 2.38. The fourth-order valence-electron chi connectivity index (χ4n) is 4.93. The zero-order valence-corrected chi connectivity index (χ0v) is 17.9. The van der Waals surface area contributed by atoms with Crippen molar-refractivity contribution in [3.05, 3.63) is 51.8 Å². The second-order valence-electron chi connectivity index (χ2n) is 8.29. The highest BCUT2D eigenvalue weighted by atomic mass is 32.2. The van der Waals surface area contributed by atoms with Gasteiger partial charge in [0.15, 0.2) is 0 Å². The van der Waals surface area contributed by atoms with Crippen LogP contribution in [0.5, 0.6) is 0 Å². The molecule has 3 aliphatic rings. The molecule has 2 amide bonds. The molecule has 5 rings (SSSR count). The van der Waals surface area contributed by atoms with Crippen LogP contribution in [0.1, 0.15) is 66.2 Å². The number of fused-ring (bicyclic) bond motifs is 3. The summed E-state index contributed by atoms with van der Waals surface area (Å²) in [5.41, 5.74) is 7.90. The van der Waals surface area contributed by atoms with Crippen LogP contribution in [0, 0.1) is 0 Å². The van der Waals surface area contributed by atoms with Crippen LogP contribution < -0.4 is 10.0 Å². The number of sulfonamides is 1. The molecule has 1 aromatic carbocycles. The largest absolute Gasteiger partial charge is 0.333 e. The van der Waals surface area contributed by atoms with Crippen LogP contribution in [0.4, 0.5) is 10.5 Å². The molecule has 2 N–H and O–H groups in total. The van der Waals surface area contributed by atoms with Crippen LogP contribution in [0.25, 0.3) is 0 Å². The van der Waals surface area contributed by atoms with Crippen LogP contribution in [0.3, 0.4) is 0 Å². The maximum Gasteiger partial charge on any atom is 0.333 e. The maximum atomic E-state index is 12.8. The van der Waals surface area contributed by atoms with Crippen molar-refractivity contribution in [2.75, 3.05) is 5.32 Å². The Kier molecular flexibility index (Phi) is 4.43. The molecule has 8 heteroatoms. The van der Waals surface area contributed by atoms with Crippen molar-refractivity contribution in [3.8, 4) is 0 Å². The summed E-state index contributed by atoms with van der Waals surface area (Å²) >= 11 is 0. The van der Waals surface area contributed by atoms with E-state index in [1.165, 1.54) is 23.4 Å². The van der Waals surface area contributed by atoms with E-state index >= 15 is 0 Å². The predicted molar refractivity (Wildman–Crippen MR) is 115 cm³/mol. The topological polar surface area (TPSA) is 101 Å². The number of hydrogen-bond donors (Lipinski definition) is 2. The third kappa shape index (κ3) is 3.10. The van der Waals surface area contributed by atoms with Gasteiger partial charge in [-0.2, -0.15) is 0 Å². The monoisotopic (exact) mass is 424 g/mol. The first kappa shape index (κ1) is 19.2. The highest BCUT2D eigenvalue weighted by Gasteiger charge is 2.28. The first-order chi connectivity index (χ1) is 14.3. The molecule has 1 atom stereocenters. The van der Waals surface area contributed by atoms with Crippen molar-refractivity contribution in [2.45, 2.75) is 63.3 Å². The van der Waals surface area contributed by atoms with Crippen molar-refractivity contribution < 1.29 is 13.2 Å². The van der Waals surface area contributed by atoms with Crippen molar-refractivity contribution in [3.63, 3.8) is 0 Å². The summed E-state index contributed by atoms with van der Waals surface area (Å²) < 4.78 is 27.8. The van der Waals surface area contributed by atoms with Crippen molar-refractivity contribution >= 4 is 27.5 Å². The lowest BCUT2D eigenvalue weighted by molar-refractivity contribution is 0.256. The smallest absolute Gasteiger partial charge is 0.307 e. The molecule has 0 spiro atoms. The fourth-order valence-corrected chi connectivity index (χ4v) is 5.81. The van der Waals surface area contributed by atoms with Gasteiger partial charge < -0.3 is 5.32 Å². The minimum atomic E-state index is -4.05. The van der Waals surface area contributed by atoms with Gasteiger partial charge in [0.2, 0.25) is 0 Å².